The van der Waals surface area contributed by atoms with Gasteiger partial charge in [0.15, 0.2) is 0 Å². The van der Waals surface area contributed by atoms with Crippen molar-refractivity contribution >= 4 is 36.4 Å². The Bertz CT molecular complexity index is 495. The summed E-state index contributed by atoms with van der Waals surface area (Å²) in [6.45, 7) is 7.33. The lowest BCUT2D eigenvalue weighted by Gasteiger charge is -2.25. The number of carbonyl (C=O) groups excluding carboxylic acids is 1. The van der Waals surface area contributed by atoms with E-state index >= 15 is 0 Å². The number of hydrogen-bond acceptors (Lipinski definition) is 3. The van der Waals surface area contributed by atoms with Crippen molar-refractivity contribution in [2.45, 2.75) is 52.1 Å². The zero-order valence-corrected chi connectivity index (χ0v) is 16.3. The molecule has 0 aliphatic heterocycles. The van der Waals surface area contributed by atoms with E-state index in [2.05, 4.69) is 36.2 Å². The van der Waals surface area contributed by atoms with Crippen LogP contribution in [0.4, 0.5) is 5.69 Å². The number of nitrogens with two attached hydrogens (primary N) is 1. The van der Waals surface area contributed by atoms with Gasteiger partial charge in [0.25, 0.3) is 0 Å². The lowest BCUT2D eigenvalue weighted by Crippen LogP contribution is -2.34. The Morgan fingerprint density at radius 1 is 1.25 bits per heavy atom. The maximum Gasteiger partial charge on any atom is 0.227 e. The molecule has 138 valence electrons. The molecule has 1 aliphatic carbocycles. The second-order valence-electron chi connectivity index (χ2n) is 6.27. The van der Waals surface area contributed by atoms with E-state index in [-0.39, 0.29) is 42.7 Å². The minimum Gasteiger partial charge on any atom is -0.328 e. The predicted molar refractivity (Wildman–Crippen MR) is 106 cm³/mol. The summed E-state index contributed by atoms with van der Waals surface area (Å²) in [5.74, 6) is 0.185. The number of nitrogens with one attached hydrogen (secondary N) is 1. The highest BCUT2D eigenvalue weighted by Gasteiger charge is 2.25. The Hall–Kier alpha value is -0.810. The molecular weight excluding hydrogens is 345 g/mol. The van der Waals surface area contributed by atoms with Crippen molar-refractivity contribution in [2.75, 3.05) is 18.4 Å². The first-order valence-corrected chi connectivity index (χ1v) is 8.50. The highest BCUT2D eigenvalue weighted by atomic mass is 35.5. The molecule has 0 spiro atoms. The maximum absolute atomic E-state index is 12.4. The summed E-state index contributed by atoms with van der Waals surface area (Å²) in [4.78, 5) is 14.7. The average molecular weight is 376 g/mol. The van der Waals surface area contributed by atoms with E-state index < -0.39 is 0 Å². The van der Waals surface area contributed by atoms with Gasteiger partial charge in [0, 0.05) is 24.2 Å². The standard InChI is InChI=1S/C18H29N3O.2ClH/c1-3-21(4-2)13-14-7-5-10-17(11-14)20-18(22)15-8-6-9-16(19)12-15;;/h5,7,10-11,15-16H,3-4,6,8-9,12-13,19H2,1-2H3,(H,20,22);2*1H. The van der Waals surface area contributed by atoms with Crippen LogP contribution in [0.3, 0.4) is 0 Å². The smallest absolute Gasteiger partial charge is 0.227 e. The van der Waals surface area contributed by atoms with Crippen molar-refractivity contribution in [3.8, 4) is 0 Å². The molecule has 1 aromatic carbocycles. The van der Waals surface area contributed by atoms with E-state index in [1.807, 2.05) is 12.1 Å². The Morgan fingerprint density at radius 2 is 1.96 bits per heavy atom. The molecule has 3 N–H and O–H groups in total. The number of carbonyl (C=O) groups is 1. The normalized spacial score (nSPS) is 20.0. The summed E-state index contributed by atoms with van der Waals surface area (Å²) >= 11 is 0. The molecule has 1 fully saturated rings. The molecule has 2 atom stereocenters. The molecule has 4 nitrogen and oxygen atoms in total. The number of benzene rings is 1. The second-order valence-corrected chi connectivity index (χ2v) is 6.27. The molecular formula is C18H31Cl2N3O. The summed E-state index contributed by atoms with van der Waals surface area (Å²) in [6.07, 6.45) is 3.87. The summed E-state index contributed by atoms with van der Waals surface area (Å²) < 4.78 is 0. The van der Waals surface area contributed by atoms with Crippen molar-refractivity contribution < 1.29 is 4.79 Å². The Labute approximate surface area is 158 Å². The number of halogens is 2. The van der Waals surface area contributed by atoms with E-state index in [0.29, 0.717) is 0 Å². The summed E-state index contributed by atoms with van der Waals surface area (Å²) in [5, 5.41) is 3.07. The third kappa shape index (κ3) is 6.98. The Kier molecular flexibility index (Phi) is 11.3. The van der Waals surface area contributed by atoms with Gasteiger partial charge in [-0.15, -0.1) is 24.8 Å². The van der Waals surface area contributed by atoms with Crippen molar-refractivity contribution in [3.05, 3.63) is 29.8 Å². The Balaban J connectivity index is 0.00000264. The molecule has 1 aromatic rings. The van der Waals surface area contributed by atoms with Gasteiger partial charge in [0.05, 0.1) is 0 Å². The van der Waals surface area contributed by atoms with Crippen LogP contribution < -0.4 is 11.1 Å². The third-order valence-corrected chi connectivity index (χ3v) is 4.58. The molecule has 0 radical (unpaired) electrons. The molecule has 2 rings (SSSR count). The topological polar surface area (TPSA) is 58.4 Å². The molecule has 6 heteroatoms. The molecule has 0 bridgehead atoms. The first-order valence-electron chi connectivity index (χ1n) is 8.50. The predicted octanol–water partition coefficient (Wildman–Crippen LogP) is 3.83. The van der Waals surface area contributed by atoms with Crippen LogP contribution in [0.2, 0.25) is 0 Å². The van der Waals surface area contributed by atoms with Crippen LogP contribution in [-0.2, 0) is 11.3 Å². The first kappa shape index (κ1) is 23.2. The van der Waals surface area contributed by atoms with Gasteiger partial charge in [-0.1, -0.05) is 32.4 Å². The van der Waals surface area contributed by atoms with E-state index in [1.165, 1.54) is 5.56 Å². The molecule has 1 amide bonds. The second kappa shape index (κ2) is 11.7. The van der Waals surface area contributed by atoms with E-state index in [0.717, 1.165) is 51.0 Å². The lowest BCUT2D eigenvalue weighted by atomic mass is 9.85. The Morgan fingerprint density at radius 3 is 2.58 bits per heavy atom. The van der Waals surface area contributed by atoms with Gasteiger partial charge in [0.1, 0.15) is 0 Å². The fourth-order valence-corrected chi connectivity index (χ4v) is 3.16. The van der Waals surface area contributed by atoms with Crippen LogP contribution in [-0.4, -0.2) is 29.9 Å². The van der Waals surface area contributed by atoms with Crippen LogP contribution in [0.25, 0.3) is 0 Å². The molecule has 1 aliphatic rings. The molecule has 0 heterocycles. The number of rotatable bonds is 6. The minimum atomic E-state index is 0. The zero-order valence-electron chi connectivity index (χ0n) is 14.7. The van der Waals surface area contributed by atoms with Crippen molar-refractivity contribution in [1.29, 1.82) is 0 Å². The largest absolute Gasteiger partial charge is 0.328 e. The van der Waals surface area contributed by atoms with Crippen LogP contribution >= 0.6 is 24.8 Å². The fraction of sp³-hybridized carbons (Fsp3) is 0.611. The number of anilines is 1. The van der Waals surface area contributed by atoms with Gasteiger partial charge in [-0.2, -0.15) is 0 Å². The minimum absolute atomic E-state index is 0. The third-order valence-electron chi connectivity index (χ3n) is 4.58. The van der Waals surface area contributed by atoms with E-state index in [9.17, 15) is 4.79 Å². The van der Waals surface area contributed by atoms with Crippen LogP contribution in [0, 0.1) is 5.92 Å². The van der Waals surface area contributed by atoms with Gasteiger partial charge in [-0.3, -0.25) is 9.69 Å². The zero-order chi connectivity index (χ0) is 15.9. The number of hydrogen-bond donors (Lipinski definition) is 2. The monoisotopic (exact) mass is 375 g/mol. The summed E-state index contributed by atoms with van der Waals surface area (Å²) in [7, 11) is 0. The van der Waals surface area contributed by atoms with E-state index in [4.69, 9.17) is 5.73 Å². The SMILES string of the molecule is CCN(CC)Cc1cccc(NC(=O)C2CCCC(N)C2)c1.Cl.Cl. The fourth-order valence-electron chi connectivity index (χ4n) is 3.16. The van der Waals surface area contributed by atoms with Gasteiger partial charge in [0.2, 0.25) is 5.91 Å². The van der Waals surface area contributed by atoms with Crippen LogP contribution in [0.5, 0.6) is 0 Å². The van der Waals surface area contributed by atoms with Gasteiger partial charge >= 0.3 is 0 Å². The highest BCUT2D eigenvalue weighted by molar-refractivity contribution is 5.92. The average Bonchev–Trinajstić information content (AvgIpc) is 2.53. The van der Waals surface area contributed by atoms with Crippen LogP contribution in [0.1, 0.15) is 45.1 Å². The van der Waals surface area contributed by atoms with Gasteiger partial charge < -0.3 is 11.1 Å². The van der Waals surface area contributed by atoms with Crippen molar-refractivity contribution in [1.82, 2.24) is 4.90 Å². The lowest BCUT2D eigenvalue weighted by molar-refractivity contribution is -0.120. The first-order chi connectivity index (χ1) is 10.6. The quantitative estimate of drug-likeness (QED) is 0.793. The van der Waals surface area contributed by atoms with E-state index in [1.54, 1.807) is 0 Å². The highest BCUT2D eigenvalue weighted by Crippen LogP contribution is 2.24. The maximum atomic E-state index is 12.4. The molecule has 1 saturated carbocycles. The molecule has 0 saturated heterocycles. The molecule has 2 unspecified atom stereocenters. The number of nitrogens with zero attached hydrogens (tertiary/aromatic N) is 1. The summed E-state index contributed by atoms with van der Waals surface area (Å²) in [6, 6.07) is 8.36. The van der Waals surface area contributed by atoms with Crippen molar-refractivity contribution in [3.63, 3.8) is 0 Å². The molecule has 24 heavy (non-hydrogen) atoms. The van der Waals surface area contributed by atoms with Gasteiger partial charge in [-0.25, -0.2) is 0 Å². The summed E-state index contributed by atoms with van der Waals surface area (Å²) in [5.41, 5.74) is 8.12. The van der Waals surface area contributed by atoms with Crippen molar-refractivity contribution in [2.24, 2.45) is 11.7 Å². The van der Waals surface area contributed by atoms with Gasteiger partial charge in [-0.05, 0) is 50.0 Å². The van der Waals surface area contributed by atoms with Crippen LogP contribution in [0.15, 0.2) is 24.3 Å². The molecule has 0 aromatic heterocycles. The number of amides is 1.